The van der Waals surface area contributed by atoms with E-state index in [-0.39, 0.29) is 13.0 Å². The second-order valence-corrected chi connectivity index (χ2v) is 3.66. The summed E-state index contributed by atoms with van der Waals surface area (Å²) < 4.78 is 10.1. The van der Waals surface area contributed by atoms with Gasteiger partial charge in [0.15, 0.2) is 6.10 Å². The minimum Gasteiger partial charge on any atom is -0.449 e. The van der Waals surface area contributed by atoms with Crippen molar-refractivity contribution in [1.29, 1.82) is 0 Å². The zero-order chi connectivity index (χ0) is 12.7. The van der Waals surface area contributed by atoms with Crippen LogP contribution in [0.1, 0.15) is 27.2 Å². The summed E-state index contributed by atoms with van der Waals surface area (Å²) in [5.74, 6) is 0. The van der Waals surface area contributed by atoms with E-state index in [4.69, 9.17) is 14.6 Å². The fourth-order valence-electron chi connectivity index (χ4n) is 1.56. The molecule has 1 fully saturated rings. The van der Waals surface area contributed by atoms with Crippen LogP contribution in [0, 0.1) is 0 Å². The van der Waals surface area contributed by atoms with E-state index in [2.05, 4.69) is 12.6 Å². The van der Waals surface area contributed by atoms with Crippen molar-refractivity contribution in [1.82, 2.24) is 0 Å². The third kappa shape index (κ3) is 4.69. The lowest BCUT2D eigenvalue weighted by molar-refractivity contribution is -0.167. The lowest BCUT2D eigenvalue weighted by Gasteiger charge is -2.36. The molecule has 1 aliphatic heterocycles. The highest BCUT2D eigenvalue weighted by atomic mass is 32.1. The van der Waals surface area contributed by atoms with Gasteiger partial charge in [0.25, 0.3) is 0 Å². The number of aliphatic hydroxyl groups excluding tert-OH is 2. The monoisotopic (exact) mass is 252 g/mol. The summed E-state index contributed by atoms with van der Waals surface area (Å²) in [6.45, 7) is 5.52. The van der Waals surface area contributed by atoms with Crippen molar-refractivity contribution in [3.05, 3.63) is 0 Å². The Bertz CT molecular complexity index is 199. The maximum Gasteiger partial charge on any atom is 0.364 e. The number of ether oxygens (including phenoxy) is 2. The van der Waals surface area contributed by atoms with E-state index >= 15 is 0 Å². The van der Waals surface area contributed by atoms with Crippen molar-refractivity contribution in [3.8, 4) is 0 Å². The van der Waals surface area contributed by atoms with E-state index in [0.717, 1.165) is 0 Å². The van der Waals surface area contributed by atoms with Crippen LogP contribution < -0.4 is 0 Å². The number of carbonyl (C=O) groups excluding carboxylic acids is 1. The smallest absolute Gasteiger partial charge is 0.364 e. The normalized spacial score (nSPS) is 33.6. The highest BCUT2D eigenvalue weighted by molar-refractivity contribution is 7.96. The van der Waals surface area contributed by atoms with E-state index in [1.54, 1.807) is 6.92 Å². The topological polar surface area (TPSA) is 76.0 Å². The van der Waals surface area contributed by atoms with Crippen LogP contribution in [0.25, 0.3) is 0 Å². The highest BCUT2D eigenvalue weighted by Crippen LogP contribution is 2.22. The van der Waals surface area contributed by atoms with Gasteiger partial charge in [0.2, 0.25) is 0 Å². The average Bonchev–Trinajstić information content (AvgIpc) is 2.25. The molecule has 0 spiro atoms. The molecule has 5 nitrogen and oxygen atoms in total. The molecule has 0 aromatic rings. The van der Waals surface area contributed by atoms with E-state index in [1.807, 2.05) is 13.8 Å². The average molecular weight is 252 g/mol. The first kappa shape index (κ1) is 15.7. The van der Waals surface area contributed by atoms with E-state index < -0.39 is 29.7 Å². The molecule has 6 heteroatoms. The summed E-state index contributed by atoms with van der Waals surface area (Å²) in [7, 11) is 0. The molecule has 0 aromatic carbocycles. The van der Waals surface area contributed by atoms with Gasteiger partial charge in [-0.15, -0.1) is 0 Å². The van der Waals surface area contributed by atoms with Crippen LogP contribution in [0.2, 0.25) is 0 Å². The van der Waals surface area contributed by atoms with Crippen LogP contribution in [0.3, 0.4) is 0 Å². The minimum atomic E-state index is -0.813. The lowest BCUT2D eigenvalue weighted by Crippen LogP contribution is -2.49. The van der Waals surface area contributed by atoms with E-state index in [1.165, 1.54) is 0 Å². The van der Waals surface area contributed by atoms with Crippen LogP contribution in [0.15, 0.2) is 0 Å². The van der Waals surface area contributed by atoms with Crippen molar-refractivity contribution in [2.75, 3.05) is 6.61 Å². The standard InChI is InChI=1S/C8H14O5S.C2H6/c1-4-7(13-8(11)14)6(10)2-5(3-9)12-4;1-2/h4-7,9-10H,2-3H2,1H3,(H,11,14);1-2H3. The first-order chi connectivity index (χ1) is 7.54. The summed E-state index contributed by atoms with van der Waals surface area (Å²) in [6.07, 6.45) is -2.09. The molecular formula is C10H20O5S. The van der Waals surface area contributed by atoms with Gasteiger partial charge in [0.05, 0.1) is 24.9 Å². The molecule has 16 heavy (non-hydrogen) atoms. The SMILES string of the molecule is CC.CC1OC(CO)CC(O)C1OC(=O)S. The van der Waals surface area contributed by atoms with Gasteiger partial charge in [0.1, 0.15) is 0 Å². The maximum absolute atomic E-state index is 10.6. The molecule has 4 atom stereocenters. The molecule has 0 amide bonds. The molecule has 0 saturated carbocycles. The van der Waals surface area contributed by atoms with Gasteiger partial charge in [-0.3, -0.25) is 0 Å². The van der Waals surface area contributed by atoms with Crippen LogP contribution in [-0.4, -0.2) is 46.5 Å². The van der Waals surface area contributed by atoms with Gasteiger partial charge in [-0.1, -0.05) is 26.5 Å². The molecule has 0 aliphatic carbocycles. The number of hydrogen-bond donors (Lipinski definition) is 3. The van der Waals surface area contributed by atoms with Crippen molar-refractivity contribution >= 4 is 17.9 Å². The summed E-state index contributed by atoms with van der Waals surface area (Å²) in [4.78, 5) is 10.6. The van der Waals surface area contributed by atoms with Crippen molar-refractivity contribution in [2.45, 2.75) is 51.6 Å². The van der Waals surface area contributed by atoms with Gasteiger partial charge in [-0.05, 0) is 6.92 Å². The summed E-state index contributed by atoms with van der Waals surface area (Å²) in [5.41, 5.74) is 0. The zero-order valence-electron chi connectivity index (χ0n) is 9.79. The number of thiol groups is 1. The molecule has 96 valence electrons. The molecule has 1 aliphatic rings. The van der Waals surface area contributed by atoms with Crippen molar-refractivity contribution in [2.24, 2.45) is 0 Å². The number of hydrogen-bond acceptors (Lipinski definition) is 5. The Morgan fingerprint density at radius 3 is 2.50 bits per heavy atom. The van der Waals surface area contributed by atoms with Gasteiger partial charge in [0, 0.05) is 6.42 Å². The zero-order valence-corrected chi connectivity index (χ0v) is 10.7. The predicted octanol–water partition coefficient (Wildman–Crippen LogP) is 0.978. The molecule has 1 heterocycles. The highest BCUT2D eigenvalue weighted by Gasteiger charge is 2.37. The van der Waals surface area contributed by atoms with Crippen LogP contribution in [0.4, 0.5) is 4.79 Å². The Hall–Kier alpha value is -0.300. The number of aliphatic hydroxyl groups is 2. The Balaban J connectivity index is 0.00000106. The van der Waals surface area contributed by atoms with E-state index in [9.17, 15) is 9.90 Å². The first-order valence-electron chi connectivity index (χ1n) is 5.38. The summed E-state index contributed by atoms with van der Waals surface area (Å²) >= 11 is 3.46. The summed E-state index contributed by atoms with van der Waals surface area (Å²) in [5, 5.41) is 17.7. The number of carbonyl (C=O) groups is 1. The molecule has 1 rings (SSSR count). The Labute approximate surface area is 101 Å². The quantitative estimate of drug-likeness (QED) is 0.504. The third-order valence-corrected chi connectivity index (χ3v) is 2.30. The second-order valence-electron chi connectivity index (χ2n) is 3.30. The van der Waals surface area contributed by atoms with Gasteiger partial charge in [-0.25, -0.2) is 4.79 Å². The molecule has 4 unspecified atom stereocenters. The number of rotatable bonds is 2. The van der Waals surface area contributed by atoms with Crippen molar-refractivity contribution in [3.63, 3.8) is 0 Å². The molecule has 2 N–H and O–H groups in total. The third-order valence-electron chi connectivity index (χ3n) is 2.19. The van der Waals surface area contributed by atoms with Gasteiger partial charge in [-0.2, -0.15) is 0 Å². The fraction of sp³-hybridized carbons (Fsp3) is 0.900. The second kappa shape index (κ2) is 7.89. The Morgan fingerprint density at radius 2 is 2.12 bits per heavy atom. The van der Waals surface area contributed by atoms with Crippen LogP contribution >= 0.6 is 12.6 Å². The lowest BCUT2D eigenvalue weighted by atomic mass is 9.99. The summed E-state index contributed by atoms with van der Waals surface area (Å²) in [6, 6.07) is 0. The van der Waals surface area contributed by atoms with Gasteiger partial charge < -0.3 is 19.7 Å². The molecule has 0 radical (unpaired) electrons. The largest absolute Gasteiger partial charge is 0.449 e. The molecule has 0 aromatic heterocycles. The van der Waals surface area contributed by atoms with Crippen molar-refractivity contribution < 1.29 is 24.5 Å². The Morgan fingerprint density at radius 1 is 1.56 bits per heavy atom. The van der Waals surface area contributed by atoms with E-state index in [0.29, 0.717) is 0 Å². The molecular weight excluding hydrogens is 232 g/mol. The fourth-order valence-corrected chi connectivity index (χ4v) is 1.68. The molecule has 0 bridgehead atoms. The Kier molecular flexibility index (Phi) is 7.74. The van der Waals surface area contributed by atoms with Gasteiger partial charge >= 0.3 is 5.30 Å². The minimum absolute atomic E-state index is 0.150. The molecule has 1 saturated heterocycles. The van der Waals surface area contributed by atoms with Crippen LogP contribution in [-0.2, 0) is 9.47 Å². The maximum atomic E-state index is 10.6. The predicted molar refractivity (Wildman–Crippen MR) is 62.6 cm³/mol. The first-order valence-corrected chi connectivity index (χ1v) is 5.83. The van der Waals surface area contributed by atoms with Crippen LogP contribution in [0.5, 0.6) is 0 Å².